The number of rotatable bonds is 5. The molecule has 3 nitrogen and oxygen atoms in total. The molecule has 204 valence electrons. The largest absolute Gasteiger partial charge is 0.456 e. The lowest BCUT2D eigenvalue weighted by Crippen LogP contribution is -2.22. The molecule has 3 heteroatoms. The number of benzene rings is 7. The maximum absolute atomic E-state index is 9.65. The van der Waals surface area contributed by atoms with Gasteiger partial charge < -0.3 is 13.7 Å². The minimum absolute atomic E-state index is 0.290. The Bertz CT molecular complexity index is 3740. The summed E-state index contributed by atoms with van der Waals surface area (Å²) in [5.74, 6) is 0. The first kappa shape index (κ1) is 10.6. The van der Waals surface area contributed by atoms with E-state index in [0.29, 0.717) is 0 Å². The number of hydrogen-bond acceptors (Lipinski definition) is 3. The average Bonchev–Trinajstić information content (AvgIpc) is 3.90. The zero-order valence-electron chi connectivity index (χ0n) is 44.7. The van der Waals surface area contributed by atoms with Crippen LogP contribution in [-0.2, 0) is 13.1 Å². The molecule has 9 rings (SSSR count). The molecule has 0 N–H and O–H groups in total. The van der Waals surface area contributed by atoms with Crippen molar-refractivity contribution in [3.05, 3.63) is 150 Å². The molecule has 0 radical (unpaired) electrons. The molecule has 0 aliphatic heterocycles. The number of anilines is 1. The van der Waals surface area contributed by atoms with Crippen LogP contribution in [0.4, 0.5) is 5.69 Å². The number of furan rings is 2. The Labute approximate surface area is 280 Å². The van der Waals surface area contributed by atoms with Crippen molar-refractivity contribution in [2.45, 2.75) is 13.1 Å². The lowest BCUT2D eigenvalue weighted by Gasteiger charge is -2.25. The molecule has 0 amide bonds. The molecule has 7 aromatic carbocycles. The maximum atomic E-state index is 9.65. The van der Waals surface area contributed by atoms with Gasteiger partial charge in [-0.25, -0.2) is 0 Å². The van der Waals surface area contributed by atoms with E-state index >= 15 is 0 Å². The molecule has 2 aromatic heterocycles. The summed E-state index contributed by atoms with van der Waals surface area (Å²) in [6.07, 6.45) is 0. The molecule has 0 saturated carbocycles. The van der Waals surface area contributed by atoms with Crippen LogP contribution < -0.4 is 4.90 Å². The second-order valence-corrected chi connectivity index (χ2v) is 9.56. The van der Waals surface area contributed by atoms with Crippen LogP contribution in [0.15, 0.2) is 148 Å². The van der Waals surface area contributed by atoms with Crippen molar-refractivity contribution in [2.24, 2.45) is 0 Å². The van der Waals surface area contributed by atoms with Crippen LogP contribution in [0.3, 0.4) is 0 Å². The minimum Gasteiger partial charge on any atom is -0.456 e. The van der Waals surface area contributed by atoms with Crippen molar-refractivity contribution in [1.29, 1.82) is 0 Å². The summed E-state index contributed by atoms with van der Waals surface area (Å²) < 4.78 is 213. The normalized spacial score (nSPS) is 19.4. The highest BCUT2D eigenvalue weighted by atomic mass is 16.3. The zero-order valence-corrected chi connectivity index (χ0v) is 21.7. The topological polar surface area (TPSA) is 29.5 Å². The monoisotopic (exact) mass is 576 g/mol. The fourth-order valence-corrected chi connectivity index (χ4v) is 5.02. The van der Waals surface area contributed by atoms with E-state index in [9.17, 15) is 6.85 Å². The van der Waals surface area contributed by atoms with E-state index in [1.54, 1.807) is 0 Å². The van der Waals surface area contributed by atoms with Crippen LogP contribution in [-0.4, -0.2) is 0 Å². The quantitative estimate of drug-likeness (QED) is 0.191. The van der Waals surface area contributed by atoms with Gasteiger partial charge >= 0.3 is 0 Å². The smallest absolute Gasteiger partial charge is 0.136 e. The summed E-state index contributed by atoms with van der Waals surface area (Å²) in [6.45, 7) is -1.64. The highest BCUT2D eigenvalue weighted by molar-refractivity contribution is 6.16. The summed E-state index contributed by atoms with van der Waals surface area (Å²) in [5, 5.41) is -2.92. The van der Waals surface area contributed by atoms with Gasteiger partial charge in [0.15, 0.2) is 0 Å². The Kier molecular flexibility index (Phi) is 2.35. The molecule has 0 aliphatic carbocycles. The summed E-state index contributed by atoms with van der Waals surface area (Å²) >= 11 is 0. The molecular weight excluding hydrogens is 526 g/mol. The first-order valence-corrected chi connectivity index (χ1v) is 12.9. The third-order valence-electron chi connectivity index (χ3n) is 6.94. The highest BCUT2D eigenvalue weighted by Gasteiger charge is 2.14. The molecule has 0 unspecified atom stereocenters. The van der Waals surface area contributed by atoms with E-state index in [1.807, 2.05) is 0 Å². The van der Waals surface area contributed by atoms with Gasteiger partial charge in [0.1, 0.15) is 22.3 Å². The molecule has 0 atom stereocenters. The minimum atomic E-state index is -0.841. The summed E-state index contributed by atoms with van der Waals surface area (Å²) in [5.41, 5.74) is -3.09. The predicted molar refractivity (Wildman–Crippen MR) is 179 cm³/mol. The molecule has 0 aliphatic rings. The third kappa shape index (κ3) is 4.04. The van der Waals surface area contributed by atoms with Gasteiger partial charge in [-0.05, 0) is 87.1 Å². The van der Waals surface area contributed by atoms with Crippen molar-refractivity contribution in [1.82, 2.24) is 0 Å². The molecule has 0 spiro atoms. The number of para-hydroxylation sites is 3. The predicted octanol–water partition coefficient (Wildman–Crippen LogP) is 11.0. The molecule has 0 bridgehead atoms. The van der Waals surface area contributed by atoms with Gasteiger partial charge in [-0.1, -0.05) is 84.6 Å². The summed E-state index contributed by atoms with van der Waals surface area (Å²) in [6, 6.07) is -16.2. The molecule has 0 saturated heterocycles. The van der Waals surface area contributed by atoms with E-state index in [4.69, 9.17) is 33.5 Å². The highest BCUT2D eigenvalue weighted by Crippen LogP contribution is 2.36. The van der Waals surface area contributed by atoms with E-state index < -0.39 is 207 Å². The first-order valence-electron chi connectivity index (χ1n) is 24.4. The van der Waals surface area contributed by atoms with Gasteiger partial charge in [-0.15, -0.1) is 0 Å². The van der Waals surface area contributed by atoms with E-state index in [1.165, 1.54) is 0 Å². The van der Waals surface area contributed by atoms with Crippen LogP contribution >= 0.6 is 0 Å². The Morgan fingerprint density at radius 1 is 0.419 bits per heavy atom. The molecule has 2 heterocycles. The van der Waals surface area contributed by atoms with Gasteiger partial charge in [-0.2, -0.15) is 0 Å². The van der Waals surface area contributed by atoms with Crippen molar-refractivity contribution < 1.29 is 40.4 Å². The zero-order chi connectivity index (χ0) is 48.3. The average molecular weight is 577 g/mol. The summed E-state index contributed by atoms with van der Waals surface area (Å²) in [4.78, 5) is 1.00. The van der Waals surface area contributed by atoms with Gasteiger partial charge in [-0.3, -0.25) is 0 Å². The Morgan fingerprint density at radius 2 is 0.953 bits per heavy atom. The van der Waals surface area contributed by atoms with Crippen molar-refractivity contribution in [3.63, 3.8) is 0 Å². The maximum Gasteiger partial charge on any atom is 0.136 e. The van der Waals surface area contributed by atoms with Crippen LogP contribution in [0.1, 0.15) is 42.7 Å². The van der Waals surface area contributed by atoms with Gasteiger partial charge in [0.25, 0.3) is 0 Å². The molecular formula is C40H27NO2. The van der Waals surface area contributed by atoms with E-state index in [0.717, 1.165) is 4.90 Å². The number of fused-ring (bicyclic) bond motifs is 9. The van der Waals surface area contributed by atoms with Gasteiger partial charge in [0.2, 0.25) is 0 Å². The standard InChI is InChI=1S/C40H27NO2/c1-2-8-30(9-3-1)41(25-27-15-19-39-35(21-27)31-10-4-6-12-37(31)42-39)24-26-14-16-28-17-18-29-22-40-36(23-34(29)33(28)20-26)32-11-5-7-13-38(32)43-40/h1-23H,24-25H2/i1D,2D,3D,4D,5D,6D,7D,8D,9D,10D,11D,12D,13D,14D,15D,16D,17D,18D,19D,20D,21D,22D,23D. The van der Waals surface area contributed by atoms with E-state index in [2.05, 4.69) is 0 Å². The SMILES string of the molecule is [2H]c1c([2H])c([2H])c(N(Cc2c([2H])c([2H])c3oc4c([2H])c([2H])c([2H])c([2H])c4c3c2[2H])Cc2c([2H])c([2H])c3c([2H])c([2H])c4c([2H])c5oc6c([2H])c([2H])c([2H])c([2H])c6c5c([2H])c4c3c2[2H])c([2H])c1[2H]. The Hall–Kier alpha value is -5.54. The van der Waals surface area contributed by atoms with Crippen LogP contribution in [0, 0.1) is 0 Å². The number of hydrogen-bond donors (Lipinski definition) is 0. The fraction of sp³-hybridized carbons (Fsp3) is 0.0500. The molecule has 43 heavy (non-hydrogen) atoms. The van der Waals surface area contributed by atoms with E-state index in [-0.39, 0.29) is 27.1 Å². The molecule has 9 aromatic rings. The van der Waals surface area contributed by atoms with Crippen molar-refractivity contribution in [2.75, 3.05) is 4.90 Å². The van der Waals surface area contributed by atoms with Crippen molar-refractivity contribution in [3.8, 4) is 0 Å². The lowest BCUT2D eigenvalue weighted by atomic mass is 9.98. The fourth-order valence-electron chi connectivity index (χ4n) is 5.02. The lowest BCUT2D eigenvalue weighted by molar-refractivity contribution is 0.668. The molecule has 0 fully saturated rings. The Balaban J connectivity index is 1.38. The van der Waals surface area contributed by atoms with Crippen LogP contribution in [0.2, 0.25) is 0 Å². The first-order chi connectivity index (χ1) is 30.9. The van der Waals surface area contributed by atoms with Crippen LogP contribution in [0.5, 0.6) is 0 Å². The van der Waals surface area contributed by atoms with Gasteiger partial charge in [0, 0.05) is 40.3 Å². The third-order valence-corrected chi connectivity index (χ3v) is 6.94. The second-order valence-electron chi connectivity index (χ2n) is 9.56. The second kappa shape index (κ2) is 9.50. The van der Waals surface area contributed by atoms with Crippen LogP contribution in [0.25, 0.3) is 65.4 Å². The summed E-state index contributed by atoms with van der Waals surface area (Å²) in [7, 11) is 0. The van der Waals surface area contributed by atoms with Crippen molar-refractivity contribution >= 4 is 71.1 Å². The Morgan fingerprint density at radius 3 is 1.72 bits per heavy atom. The van der Waals surface area contributed by atoms with Gasteiger partial charge in [0.05, 0.1) is 31.5 Å². The number of nitrogens with zero attached hydrogens (tertiary/aromatic N) is 1.